The molecular weight excluding hydrogens is 504 g/mol. The van der Waals surface area contributed by atoms with Gasteiger partial charge < -0.3 is 10.1 Å². The van der Waals surface area contributed by atoms with Crippen molar-refractivity contribution in [2.24, 2.45) is 11.8 Å². The Hall–Kier alpha value is -3.97. The third kappa shape index (κ3) is 5.20. The van der Waals surface area contributed by atoms with Crippen molar-refractivity contribution in [2.75, 3.05) is 16.8 Å². The van der Waals surface area contributed by atoms with Gasteiger partial charge in [-0.1, -0.05) is 54.1 Å². The number of anilines is 2. The van der Waals surface area contributed by atoms with Crippen LogP contribution in [0.5, 0.6) is 0 Å². The van der Waals surface area contributed by atoms with Gasteiger partial charge >= 0.3 is 5.97 Å². The number of aryl methyl sites for hydroxylation is 1. The smallest absolute Gasteiger partial charge is 0.338 e. The molecule has 1 saturated carbocycles. The van der Waals surface area contributed by atoms with Crippen molar-refractivity contribution in [2.45, 2.75) is 32.1 Å². The van der Waals surface area contributed by atoms with E-state index in [2.05, 4.69) is 17.4 Å². The lowest BCUT2D eigenvalue weighted by atomic mass is 9.73. The molecule has 38 heavy (non-hydrogen) atoms. The van der Waals surface area contributed by atoms with Crippen molar-refractivity contribution in [3.8, 4) is 0 Å². The Morgan fingerprint density at radius 3 is 2.47 bits per heavy atom. The first-order chi connectivity index (χ1) is 18.3. The summed E-state index contributed by atoms with van der Waals surface area (Å²) in [5.41, 5.74) is 3.03. The molecule has 194 valence electrons. The zero-order valence-electron chi connectivity index (χ0n) is 20.9. The summed E-state index contributed by atoms with van der Waals surface area (Å²) < 4.78 is 5.17. The normalized spacial score (nSPS) is 20.7. The summed E-state index contributed by atoms with van der Waals surface area (Å²) in [6, 6.07) is 21.4. The van der Waals surface area contributed by atoms with Crippen LogP contribution in [-0.4, -0.2) is 30.3 Å². The average Bonchev–Trinajstić information content (AvgIpc) is 3.19. The maximum atomic E-state index is 13.4. The monoisotopic (exact) mass is 530 g/mol. The molecule has 2 fully saturated rings. The minimum Gasteiger partial charge on any atom is -0.452 e. The molecule has 7 nitrogen and oxygen atoms in total. The van der Waals surface area contributed by atoms with E-state index in [1.165, 1.54) is 22.6 Å². The number of nitrogens with one attached hydrogen (secondary N) is 1. The molecule has 3 aromatic carbocycles. The van der Waals surface area contributed by atoms with Crippen LogP contribution in [0.3, 0.4) is 0 Å². The number of carbonyl (C=O) groups excluding carboxylic acids is 4. The van der Waals surface area contributed by atoms with E-state index in [-0.39, 0.29) is 35.1 Å². The van der Waals surface area contributed by atoms with E-state index in [0.29, 0.717) is 29.2 Å². The second-order valence-corrected chi connectivity index (χ2v) is 10.2. The summed E-state index contributed by atoms with van der Waals surface area (Å²) in [6.45, 7) is 1.35. The predicted molar refractivity (Wildman–Crippen MR) is 144 cm³/mol. The number of amides is 3. The molecule has 0 bridgehead atoms. The Labute approximate surface area is 225 Å². The Morgan fingerprint density at radius 2 is 1.71 bits per heavy atom. The minimum absolute atomic E-state index is 0.145. The maximum absolute atomic E-state index is 13.4. The third-order valence-electron chi connectivity index (χ3n) is 7.33. The Bertz CT molecular complexity index is 1410. The van der Waals surface area contributed by atoms with Gasteiger partial charge in [-0.2, -0.15) is 0 Å². The van der Waals surface area contributed by atoms with Crippen molar-refractivity contribution in [3.63, 3.8) is 0 Å². The van der Waals surface area contributed by atoms with E-state index < -0.39 is 18.5 Å². The van der Waals surface area contributed by atoms with E-state index in [9.17, 15) is 19.2 Å². The summed E-state index contributed by atoms with van der Waals surface area (Å²) in [4.78, 5) is 52.7. The van der Waals surface area contributed by atoms with Gasteiger partial charge in [-0.25, -0.2) is 4.79 Å². The maximum Gasteiger partial charge on any atom is 0.338 e. The number of ether oxygens (including phenoxy) is 1. The largest absolute Gasteiger partial charge is 0.452 e. The third-order valence-corrected chi connectivity index (χ3v) is 7.73. The number of carbonyl (C=O) groups is 4. The molecule has 0 unspecified atom stereocenters. The molecule has 1 aliphatic carbocycles. The first kappa shape index (κ1) is 25.7. The molecule has 3 aromatic rings. The molecule has 1 N–H and O–H groups in total. The lowest BCUT2D eigenvalue weighted by molar-refractivity contribution is -0.122. The molecule has 3 amide bonds. The molecular formula is C30H27ClN2O5. The summed E-state index contributed by atoms with van der Waals surface area (Å²) in [5.74, 6) is -2.21. The van der Waals surface area contributed by atoms with Crippen LogP contribution in [0, 0.1) is 18.8 Å². The van der Waals surface area contributed by atoms with Gasteiger partial charge in [0.2, 0.25) is 11.8 Å². The number of hydrogen-bond acceptors (Lipinski definition) is 5. The predicted octanol–water partition coefficient (Wildman–Crippen LogP) is 5.52. The zero-order valence-corrected chi connectivity index (χ0v) is 21.6. The summed E-state index contributed by atoms with van der Waals surface area (Å²) in [5, 5.41) is 3.14. The van der Waals surface area contributed by atoms with Crippen LogP contribution in [0.25, 0.3) is 0 Å². The standard InChI is InChI=1S/C30H27ClN2O5/c1-18-10-12-22(16-26(18)31)32-27(34)17-38-30(37)21-8-5-9-23(14-21)33-28(35)24-13-11-20(15-25(24)29(33)36)19-6-3-2-4-7-19/h2-10,12,14,16,20,24-25H,11,13,15,17H2,1H3,(H,32,34)/t20-,24+,25+/m0/s1. The topological polar surface area (TPSA) is 92.8 Å². The first-order valence-electron chi connectivity index (χ1n) is 12.6. The van der Waals surface area contributed by atoms with Crippen LogP contribution in [-0.2, 0) is 19.1 Å². The highest BCUT2D eigenvalue weighted by molar-refractivity contribution is 6.31. The van der Waals surface area contributed by atoms with Gasteiger partial charge in [0.05, 0.1) is 23.1 Å². The van der Waals surface area contributed by atoms with E-state index in [0.717, 1.165) is 12.0 Å². The van der Waals surface area contributed by atoms with Crippen LogP contribution < -0.4 is 10.2 Å². The summed E-state index contributed by atoms with van der Waals surface area (Å²) in [6.07, 6.45) is 2.12. The highest BCUT2D eigenvalue weighted by atomic mass is 35.5. The molecule has 8 heteroatoms. The zero-order chi connectivity index (χ0) is 26.8. The summed E-state index contributed by atoms with van der Waals surface area (Å²) in [7, 11) is 0. The SMILES string of the molecule is Cc1ccc(NC(=O)COC(=O)c2cccc(N3C(=O)[C@@H]4CC[C@H](c5ccccc5)C[C@H]4C3=O)c2)cc1Cl. The van der Waals surface area contributed by atoms with Crippen LogP contribution in [0.2, 0.25) is 5.02 Å². The van der Waals surface area contributed by atoms with E-state index in [4.69, 9.17) is 16.3 Å². The van der Waals surface area contributed by atoms with Crippen LogP contribution in [0.15, 0.2) is 72.8 Å². The molecule has 0 radical (unpaired) electrons. The van der Waals surface area contributed by atoms with Crippen LogP contribution in [0.1, 0.15) is 46.7 Å². The molecule has 0 spiro atoms. The van der Waals surface area contributed by atoms with Gasteiger partial charge in [0.25, 0.3) is 5.91 Å². The van der Waals surface area contributed by atoms with Crippen molar-refractivity contribution >= 4 is 46.7 Å². The molecule has 2 aliphatic rings. The fraction of sp³-hybridized carbons (Fsp3) is 0.267. The lowest BCUT2D eigenvalue weighted by Crippen LogP contribution is -2.31. The average molecular weight is 531 g/mol. The number of esters is 1. The molecule has 1 heterocycles. The van der Waals surface area contributed by atoms with Gasteiger partial charge in [0.1, 0.15) is 0 Å². The van der Waals surface area contributed by atoms with Crippen molar-refractivity contribution < 1.29 is 23.9 Å². The molecule has 0 aromatic heterocycles. The fourth-order valence-electron chi connectivity index (χ4n) is 5.32. The quantitative estimate of drug-likeness (QED) is 0.335. The number of rotatable bonds is 6. The minimum atomic E-state index is -0.732. The van der Waals surface area contributed by atoms with Gasteiger partial charge in [-0.3, -0.25) is 19.3 Å². The Morgan fingerprint density at radius 1 is 0.947 bits per heavy atom. The van der Waals surface area contributed by atoms with Gasteiger partial charge in [0.15, 0.2) is 6.61 Å². The Balaban J connectivity index is 1.24. The lowest BCUT2D eigenvalue weighted by Gasteiger charge is -2.28. The summed E-state index contributed by atoms with van der Waals surface area (Å²) >= 11 is 6.08. The molecule has 3 atom stereocenters. The number of fused-ring (bicyclic) bond motifs is 1. The molecule has 1 aliphatic heterocycles. The Kier molecular flexibility index (Phi) is 7.29. The van der Waals surface area contributed by atoms with E-state index in [1.54, 1.807) is 30.3 Å². The van der Waals surface area contributed by atoms with Gasteiger partial charge in [-0.15, -0.1) is 0 Å². The van der Waals surface area contributed by atoms with E-state index >= 15 is 0 Å². The highest BCUT2D eigenvalue weighted by Gasteiger charge is 2.50. The van der Waals surface area contributed by atoms with E-state index in [1.807, 2.05) is 25.1 Å². The number of halogens is 1. The van der Waals surface area contributed by atoms with Crippen molar-refractivity contribution in [1.29, 1.82) is 0 Å². The molecule has 5 rings (SSSR count). The van der Waals surface area contributed by atoms with Gasteiger partial charge in [-0.05, 0) is 73.6 Å². The first-order valence-corrected chi connectivity index (χ1v) is 13.0. The molecule has 1 saturated heterocycles. The number of hydrogen-bond donors (Lipinski definition) is 1. The number of nitrogens with zero attached hydrogens (tertiary/aromatic N) is 1. The number of imide groups is 1. The van der Waals surface area contributed by atoms with Gasteiger partial charge in [0, 0.05) is 10.7 Å². The number of benzene rings is 3. The van der Waals surface area contributed by atoms with Crippen molar-refractivity contribution in [3.05, 3.63) is 94.5 Å². The van der Waals surface area contributed by atoms with Crippen LogP contribution in [0.4, 0.5) is 11.4 Å². The highest BCUT2D eigenvalue weighted by Crippen LogP contribution is 2.45. The second-order valence-electron chi connectivity index (χ2n) is 9.78. The fourth-order valence-corrected chi connectivity index (χ4v) is 5.50. The van der Waals surface area contributed by atoms with Crippen molar-refractivity contribution in [1.82, 2.24) is 0 Å². The second kappa shape index (κ2) is 10.8. The van der Waals surface area contributed by atoms with Crippen LogP contribution >= 0.6 is 11.6 Å².